The molecule has 0 saturated carbocycles. The van der Waals surface area contributed by atoms with Gasteiger partial charge in [-0.3, -0.25) is 14.5 Å². The third-order valence-electron chi connectivity index (χ3n) is 4.89. The number of hydrogen-bond acceptors (Lipinski definition) is 8. The maximum Gasteiger partial charge on any atom is 0.341 e. The highest BCUT2D eigenvalue weighted by molar-refractivity contribution is 8.04. The Hall–Kier alpha value is -2.33. The number of amides is 2. The van der Waals surface area contributed by atoms with Gasteiger partial charge in [0.05, 0.1) is 36.1 Å². The summed E-state index contributed by atoms with van der Waals surface area (Å²) in [5.41, 5.74) is 1.35. The van der Waals surface area contributed by atoms with Crippen LogP contribution in [-0.2, 0) is 36.7 Å². The van der Waals surface area contributed by atoms with E-state index in [1.165, 1.54) is 41.2 Å². The third kappa shape index (κ3) is 4.86. The maximum absolute atomic E-state index is 12.7. The van der Waals surface area contributed by atoms with Crippen LogP contribution < -0.4 is 5.32 Å². The molecule has 2 aliphatic rings. The van der Waals surface area contributed by atoms with Crippen LogP contribution in [0.1, 0.15) is 41.1 Å². The van der Waals surface area contributed by atoms with Crippen LogP contribution in [0.3, 0.4) is 0 Å². The fourth-order valence-corrected chi connectivity index (χ4v) is 5.80. The van der Waals surface area contributed by atoms with Gasteiger partial charge in [0, 0.05) is 4.88 Å². The molecule has 1 saturated heterocycles. The number of carbonyl (C=O) groups excluding carboxylic acids is 4. The van der Waals surface area contributed by atoms with E-state index in [9.17, 15) is 19.2 Å². The highest BCUT2D eigenvalue weighted by Crippen LogP contribution is 2.40. The Kier molecular flexibility index (Phi) is 7.19. The summed E-state index contributed by atoms with van der Waals surface area (Å²) in [5, 5.41) is 3.60. The first-order valence-corrected chi connectivity index (χ1v) is 11.5. The number of methoxy groups -OCH3 is 1. The van der Waals surface area contributed by atoms with E-state index in [0.29, 0.717) is 21.5 Å². The number of nitrogens with zero attached hydrogens (tertiary/aromatic N) is 1. The average molecular weight is 453 g/mol. The quantitative estimate of drug-likeness (QED) is 0.523. The molecule has 0 aromatic carbocycles. The Balaban J connectivity index is 1.78. The minimum absolute atomic E-state index is 0.150. The van der Waals surface area contributed by atoms with Crippen LogP contribution in [0.25, 0.3) is 0 Å². The van der Waals surface area contributed by atoms with Crippen LogP contribution in [0.2, 0.25) is 0 Å². The lowest BCUT2D eigenvalue weighted by Crippen LogP contribution is -2.34. The van der Waals surface area contributed by atoms with E-state index in [4.69, 9.17) is 9.47 Å². The lowest BCUT2D eigenvalue weighted by atomic mass is 9.88. The number of nitrogens with one attached hydrogen (secondary N) is 1. The summed E-state index contributed by atoms with van der Waals surface area (Å²) in [4.78, 5) is 51.3. The first-order valence-electron chi connectivity index (χ1n) is 9.68. The second kappa shape index (κ2) is 9.65. The molecule has 0 radical (unpaired) electrons. The third-order valence-corrected chi connectivity index (χ3v) is 7.09. The number of thiophene rings is 1. The zero-order valence-electron chi connectivity index (χ0n) is 17.1. The number of hydrogen-bond donors (Lipinski definition) is 1. The molecule has 1 aliphatic carbocycles. The zero-order valence-corrected chi connectivity index (χ0v) is 18.7. The molecule has 2 heterocycles. The molecule has 1 fully saturated rings. The first-order chi connectivity index (χ1) is 14.3. The van der Waals surface area contributed by atoms with Crippen LogP contribution in [0.5, 0.6) is 0 Å². The maximum atomic E-state index is 12.7. The molecule has 2 amide bonds. The van der Waals surface area contributed by atoms with Gasteiger partial charge in [0.1, 0.15) is 11.5 Å². The van der Waals surface area contributed by atoms with Crippen molar-refractivity contribution in [2.24, 2.45) is 5.92 Å². The second-order valence-electron chi connectivity index (χ2n) is 7.10. The van der Waals surface area contributed by atoms with E-state index >= 15 is 0 Å². The van der Waals surface area contributed by atoms with E-state index < -0.39 is 17.8 Å². The fraction of sp³-hybridized carbons (Fsp3) is 0.500. The van der Waals surface area contributed by atoms with Crippen molar-refractivity contribution in [2.45, 2.75) is 33.1 Å². The first kappa shape index (κ1) is 22.4. The minimum atomic E-state index is -0.562. The normalized spacial score (nSPS) is 19.6. The number of ether oxygens (including phenoxy) is 2. The van der Waals surface area contributed by atoms with Gasteiger partial charge in [-0.1, -0.05) is 18.7 Å². The Labute approximate surface area is 183 Å². The lowest BCUT2D eigenvalue weighted by molar-refractivity contribution is -0.137. The zero-order chi connectivity index (χ0) is 21.8. The summed E-state index contributed by atoms with van der Waals surface area (Å²) >= 11 is 2.56. The SMILES string of the molecule is CCOC(=O)/C=C1\SCC(=O)N1CC(=O)Nc1sc2c(c1C(=O)OC)CCC(C)C2. The Bertz CT molecular complexity index is 907. The van der Waals surface area contributed by atoms with Gasteiger partial charge in [-0.05, 0) is 37.7 Å². The average Bonchev–Trinajstić information content (AvgIpc) is 3.21. The van der Waals surface area contributed by atoms with Gasteiger partial charge in [-0.25, -0.2) is 9.59 Å². The highest BCUT2D eigenvalue weighted by Gasteiger charge is 2.32. The van der Waals surface area contributed by atoms with Crippen molar-refractivity contribution in [3.63, 3.8) is 0 Å². The van der Waals surface area contributed by atoms with Gasteiger partial charge in [0.15, 0.2) is 0 Å². The molecule has 0 spiro atoms. The summed E-state index contributed by atoms with van der Waals surface area (Å²) in [7, 11) is 1.32. The Morgan fingerprint density at radius 3 is 2.80 bits per heavy atom. The summed E-state index contributed by atoms with van der Waals surface area (Å²) in [6.07, 6.45) is 3.81. The number of thioether (sulfide) groups is 1. The standard InChI is InChI=1S/C20H24N2O6S2/c1-4-28-17(25)8-16-22(15(24)10-29-16)9-14(23)21-19-18(20(26)27-3)12-6-5-11(2)7-13(12)30-19/h8,11H,4-7,9-10H2,1-3H3,(H,21,23)/b16-8-. The lowest BCUT2D eigenvalue weighted by Gasteiger charge is -2.18. The molecule has 1 N–H and O–H groups in total. The molecular weight excluding hydrogens is 428 g/mol. The monoisotopic (exact) mass is 452 g/mol. The van der Waals surface area contributed by atoms with Gasteiger partial charge in [0.25, 0.3) is 0 Å². The van der Waals surface area contributed by atoms with Crippen LogP contribution in [0.4, 0.5) is 5.00 Å². The molecule has 1 aromatic rings. The molecule has 1 atom stereocenters. The molecular formula is C20H24N2O6S2. The molecule has 1 unspecified atom stereocenters. The summed E-state index contributed by atoms with van der Waals surface area (Å²) in [6, 6.07) is 0. The highest BCUT2D eigenvalue weighted by atomic mass is 32.2. The van der Waals surface area contributed by atoms with Crippen molar-refractivity contribution in [3.8, 4) is 0 Å². The molecule has 10 heteroatoms. The van der Waals surface area contributed by atoms with E-state index in [-0.39, 0.29) is 24.8 Å². The van der Waals surface area contributed by atoms with E-state index in [1.807, 2.05) is 0 Å². The Morgan fingerprint density at radius 2 is 2.10 bits per heavy atom. The number of rotatable bonds is 6. The predicted octanol–water partition coefficient (Wildman–Crippen LogP) is 2.58. The number of esters is 2. The van der Waals surface area contributed by atoms with Crippen molar-refractivity contribution in [2.75, 3.05) is 31.3 Å². The Morgan fingerprint density at radius 1 is 1.33 bits per heavy atom. The van der Waals surface area contributed by atoms with Crippen LogP contribution in [0, 0.1) is 5.92 Å². The molecule has 30 heavy (non-hydrogen) atoms. The minimum Gasteiger partial charge on any atom is -0.465 e. The van der Waals surface area contributed by atoms with E-state index in [2.05, 4.69) is 12.2 Å². The van der Waals surface area contributed by atoms with Gasteiger partial charge in [-0.2, -0.15) is 0 Å². The smallest absolute Gasteiger partial charge is 0.341 e. The van der Waals surface area contributed by atoms with Crippen LogP contribution in [0.15, 0.2) is 11.1 Å². The van der Waals surface area contributed by atoms with Crippen molar-refractivity contribution in [3.05, 3.63) is 27.1 Å². The van der Waals surface area contributed by atoms with E-state index in [0.717, 1.165) is 29.7 Å². The summed E-state index contributed by atoms with van der Waals surface area (Å²) in [5.74, 6) is -1.09. The molecule has 0 bridgehead atoms. The molecule has 3 rings (SSSR count). The van der Waals surface area contributed by atoms with Crippen LogP contribution in [-0.4, -0.2) is 54.7 Å². The van der Waals surface area contributed by atoms with Gasteiger partial charge < -0.3 is 14.8 Å². The number of carbonyl (C=O) groups is 4. The molecule has 1 aliphatic heterocycles. The summed E-state index contributed by atoms with van der Waals surface area (Å²) in [6.45, 7) is 3.82. The predicted molar refractivity (Wildman–Crippen MR) is 114 cm³/mol. The summed E-state index contributed by atoms with van der Waals surface area (Å²) < 4.78 is 9.81. The number of fused-ring (bicyclic) bond motifs is 1. The topological polar surface area (TPSA) is 102 Å². The van der Waals surface area contributed by atoms with Crippen molar-refractivity contribution in [1.82, 2.24) is 4.90 Å². The van der Waals surface area contributed by atoms with Crippen molar-refractivity contribution in [1.29, 1.82) is 0 Å². The molecule has 8 nitrogen and oxygen atoms in total. The second-order valence-corrected chi connectivity index (χ2v) is 9.20. The van der Waals surface area contributed by atoms with Gasteiger partial charge in [0.2, 0.25) is 11.8 Å². The van der Waals surface area contributed by atoms with Gasteiger partial charge >= 0.3 is 11.9 Å². The fourth-order valence-electron chi connectivity index (χ4n) is 3.45. The largest absolute Gasteiger partial charge is 0.465 e. The molecule has 162 valence electrons. The van der Waals surface area contributed by atoms with Crippen molar-refractivity contribution < 1.29 is 28.7 Å². The van der Waals surface area contributed by atoms with E-state index in [1.54, 1.807) is 6.92 Å². The molecule has 1 aromatic heterocycles. The van der Waals surface area contributed by atoms with Crippen molar-refractivity contribution >= 4 is 51.9 Å². The van der Waals surface area contributed by atoms with Crippen LogP contribution >= 0.6 is 23.1 Å². The number of anilines is 1. The van der Waals surface area contributed by atoms with Gasteiger partial charge in [-0.15, -0.1) is 11.3 Å².